The van der Waals surface area contributed by atoms with E-state index >= 15 is 0 Å². The molecule has 0 bridgehead atoms. The van der Waals surface area contributed by atoms with E-state index in [1.54, 1.807) is 6.92 Å². The molecule has 0 heterocycles. The molecule has 0 aromatic carbocycles. The Morgan fingerprint density at radius 3 is 2.31 bits per heavy atom. The van der Waals surface area contributed by atoms with Crippen LogP contribution in [-0.4, -0.2) is 23.7 Å². The molecule has 0 amide bonds. The summed E-state index contributed by atoms with van der Waals surface area (Å²) in [4.78, 5) is 22.0. The summed E-state index contributed by atoms with van der Waals surface area (Å²) < 4.78 is 4.90. The van der Waals surface area contributed by atoms with Crippen molar-refractivity contribution >= 4 is 11.9 Å². The van der Waals surface area contributed by atoms with Gasteiger partial charge in [0, 0.05) is 12.8 Å². The Hall–Kier alpha value is -1.06. The Bertz CT molecular complexity index is 283. The van der Waals surface area contributed by atoms with Gasteiger partial charge in [-0.3, -0.25) is 9.59 Å². The molecular formula is C12H20O4. The smallest absolute Gasteiger partial charge is 0.306 e. The average Bonchev–Trinajstić information content (AvgIpc) is 2.16. The van der Waals surface area contributed by atoms with Crippen LogP contribution in [0.3, 0.4) is 0 Å². The number of carbonyl (C=O) groups excluding carboxylic acids is 1. The largest absolute Gasteiger partial charge is 0.481 e. The Balaban J connectivity index is 2.43. The number of esters is 1. The van der Waals surface area contributed by atoms with Crippen LogP contribution >= 0.6 is 0 Å². The maximum Gasteiger partial charge on any atom is 0.306 e. The van der Waals surface area contributed by atoms with E-state index in [-0.39, 0.29) is 29.6 Å². The highest BCUT2D eigenvalue weighted by Crippen LogP contribution is 2.54. The Labute approximate surface area is 96.0 Å². The number of ether oxygens (including phenoxy) is 1. The van der Waals surface area contributed by atoms with Crippen LogP contribution in [0.5, 0.6) is 0 Å². The van der Waals surface area contributed by atoms with Crippen molar-refractivity contribution in [1.29, 1.82) is 0 Å². The van der Waals surface area contributed by atoms with Crippen molar-refractivity contribution in [3.8, 4) is 0 Å². The third-order valence-electron chi connectivity index (χ3n) is 3.81. The summed E-state index contributed by atoms with van der Waals surface area (Å²) in [7, 11) is 0. The fourth-order valence-corrected chi connectivity index (χ4v) is 2.45. The van der Waals surface area contributed by atoms with Crippen molar-refractivity contribution in [3.05, 3.63) is 0 Å². The van der Waals surface area contributed by atoms with Crippen LogP contribution in [0.1, 0.15) is 40.0 Å². The molecule has 1 N–H and O–H groups in total. The summed E-state index contributed by atoms with van der Waals surface area (Å²) in [6, 6.07) is 0. The molecule has 2 atom stereocenters. The fraction of sp³-hybridized carbons (Fsp3) is 0.833. The molecule has 0 aromatic rings. The SMILES string of the molecule is CCOC(=O)CC1CC(CC(=O)O)C1(C)C. The van der Waals surface area contributed by atoms with Gasteiger partial charge in [0.15, 0.2) is 0 Å². The number of carboxylic acids is 1. The molecule has 1 aliphatic carbocycles. The first-order valence-electron chi connectivity index (χ1n) is 5.75. The summed E-state index contributed by atoms with van der Waals surface area (Å²) in [6.07, 6.45) is 1.43. The third-order valence-corrected chi connectivity index (χ3v) is 3.81. The zero-order valence-electron chi connectivity index (χ0n) is 10.2. The summed E-state index contributed by atoms with van der Waals surface area (Å²) in [5, 5.41) is 8.74. The van der Waals surface area contributed by atoms with Gasteiger partial charge in [0.25, 0.3) is 0 Å². The molecule has 0 spiro atoms. The van der Waals surface area contributed by atoms with Crippen molar-refractivity contribution in [2.75, 3.05) is 6.61 Å². The van der Waals surface area contributed by atoms with Crippen LogP contribution in [0.2, 0.25) is 0 Å². The van der Waals surface area contributed by atoms with Gasteiger partial charge in [0.05, 0.1) is 6.61 Å². The second-order valence-electron chi connectivity index (χ2n) is 5.06. The highest BCUT2D eigenvalue weighted by atomic mass is 16.5. The van der Waals surface area contributed by atoms with Gasteiger partial charge in [-0.1, -0.05) is 13.8 Å². The van der Waals surface area contributed by atoms with Crippen LogP contribution in [0.25, 0.3) is 0 Å². The number of rotatable bonds is 5. The van der Waals surface area contributed by atoms with E-state index in [0.29, 0.717) is 13.0 Å². The van der Waals surface area contributed by atoms with Gasteiger partial charge in [0.2, 0.25) is 0 Å². The van der Waals surface area contributed by atoms with Crippen LogP contribution in [0, 0.1) is 17.3 Å². The van der Waals surface area contributed by atoms with Gasteiger partial charge in [-0.2, -0.15) is 0 Å². The Morgan fingerprint density at radius 1 is 1.31 bits per heavy atom. The van der Waals surface area contributed by atoms with E-state index in [1.807, 2.05) is 13.8 Å². The summed E-state index contributed by atoms with van der Waals surface area (Å²) in [6.45, 7) is 6.27. The first-order chi connectivity index (χ1) is 7.37. The second kappa shape index (κ2) is 4.85. The van der Waals surface area contributed by atoms with Gasteiger partial charge in [0.1, 0.15) is 0 Å². The van der Waals surface area contributed by atoms with E-state index in [1.165, 1.54) is 0 Å². The van der Waals surface area contributed by atoms with Crippen LogP contribution in [-0.2, 0) is 14.3 Å². The summed E-state index contributed by atoms with van der Waals surface area (Å²) >= 11 is 0. The van der Waals surface area contributed by atoms with E-state index < -0.39 is 5.97 Å². The molecule has 2 unspecified atom stereocenters. The molecule has 4 heteroatoms. The standard InChI is InChI=1S/C12H20O4/c1-4-16-11(15)7-9-5-8(6-10(13)14)12(9,2)3/h8-9H,4-7H2,1-3H3,(H,13,14). The maximum atomic E-state index is 11.3. The van der Waals surface area contributed by atoms with E-state index in [2.05, 4.69) is 0 Å². The molecule has 16 heavy (non-hydrogen) atoms. The molecule has 0 aromatic heterocycles. The highest BCUT2D eigenvalue weighted by molar-refractivity contribution is 5.70. The average molecular weight is 228 g/mol. The lowest BCUT2D eigenvalue weighted by Gasteiger charge is -2.51. The van der Waals surface area contributed by atoms with Crippen LogP contribution in [0.4, 0.5) is 0 Å². The predicted octanol–water partition coefficient (Wildman–Crippen LogP) is 2.08. The van der Waals surface area contributed by atoms with Crippen LogP contribution < -0.4 is 0 Å². The van der Waals surface area contributed by atoms with Gasteiger partial charge < -0.3 is 9.84 Å². The Kier molecular flexibility index (Phi) is 3.94. The zero-order chi connectivity index (χ0) is 12.3. The second-order valence-corrected chi connectivity index (χ2v) is 5.06. The number of hydrogen-bond acceptors (Lipinski definition) is 3. The lowest BCUT2D eigenvalue weighted by molar-refractivity contribution is -0.151. The number of carbonyl (C=O) groups is 2. The monoisotopic (exact) mass is 228 g/mol. The van der Waals surface area contributed by atoms with Crippen molar-refractivity contribution in [1.82, 2.24) is 0 Å². The molecule has 0 saturated heterocycles. The van der Waals surface area contributed by atoms with Gasteiger partial charge in [-0.05, 0) is 30.6 Å². The summed E-state index contributed by atoms with van der Waals surface area (Å²) in [5.74, 6) is -0.484. The predicted molar refractivity (Wildman–Crippen MR) is 58.9 cm³/mol. The third kappa shape index (κ3) is 2.74. The maximum absolute atomic E-state index is 11.3. The fourth-order valence-electron chi connectivity index (χ4n) is 2.45. The molecule has 0 aliphatic heterocycles. The number of carboxylic acid groups (broad SMARTS) is 1. The lowest BCUT2D eigenvalue weighted by Crippen LogP contribution is -2.46. The first-order valence-corrected chi connectivity index (χ1v) is 5.75. The van der Waals surface area contributed by atoms with Gasteiger partial charge in [-0.15, -0.1) is 0 Å². The van der Waals surface area contributed by atoms with Crippen LogP contribution in [0.15, 0.2) is 0 Å². The normalized spacial score (nSPS) is 26.9. The highest BCUT2D eigenvalue weighted by Gasteiger charge is 2.49. The molecule has 0 radical (unpaired) electrons. The molecule has 1 fully saturated rings. The molecular weight excluding hydrogens is 208 g/mol. The first kappa shape index (κ1) is 13.0. The quantitative estimate of drug-likeness (QED) is 0.732. The van der Waals surface area contributed by atoms with Gasteiger partial charge >= 0.3 is 11.9 Å². The molecule has 92 valence electrons. The van der Waals surface area contributed by atoms with Gasteiger partial charge in [-0.25, -0.2) is 0 Å². The van der Waals surface area contributed by atoms with E-state index in [9.17, 15) is 9.59 Å². The van der Waals surface area contributed by atoms with Crippen molar-refractivity contribution in [2.24, 2.45) is 17.3 Å². The molecule has 4 nitrogen and oxygen atoms in total. The van der Waals surface area contributed by atoms with E-state index in [4.69, 9.17) is 9.84 Å². The van der Waals surface area contributed by atoms with E-state index in [0.717, 1.165) is 6.42 Å². The molecule has 1 saturated carbocycles. The number of aliphatic carboxylic acids is 1. The lowest BCUT2D eigenvalue weighted by atomic mass is 9.53. The van der Waals surface area contributed by atoms with Crippen molar-refractivity contribution in [2.45, 2.75) is 40.0 Å². The van der Waals surface area contributed by atoms with Crippen molar-refractivity contribution < 1.29 is 19.4 Å². The zero-order valence-corrected chi connectivity index (χ0v) is 10.2. The minimum Gasteiger partial charge on any atom is -0.481 e. The van der Waals surface area contributed by atoms with Crippen molar-refractivity contribution in [3.63, 3.8) is 0 Å². The summed E-state index contributed by atoms with van der Waals surface area (Å²) in [5.41, 5.74) is -0.0643. The number of hydrogen-bond donors (Lipinski definition) is 1. The minimum atomic E-state index is -0.757. The molecule has 1 rings (SSSR count). The Morgan fingerprint density at radius 2 is 1.88 bits per heavy atom. The molecule has 1 aliphatic rings. The minimum absolute atomic E-state index is 0.0643. The topological polar surface area (TPSA) is 63.6 Å².